The van der Waals surface area contributed by atoms with Gasteiger partial charge in [-0.2, -0.15) is 0 Å². The third-order valence-electron chi connectivity index (χ3n) is 4.50. The number of hydrogen-bond donors (Lipinski definition) is 0. The lowest BCUT2D eigenvalue weighted by Gasteiger charge is -2.11. The Labute approximate surface area is 134 Å². The van der Waals surface area contributed by atoms with Crippen LogP contribution in [0.3, 0.4) is 0 Å². The number of aromatic nitrogens is 2. The SMILES string of the molecule is O=C([O-])c1ccc2c3c1cccc3c(=O)n1c3ccccc3nc21. The molecule has 5 rings (SSSR count). The number of carboxylic acids is 1. The van der Waals surface area contributed by atoms with Crippen LogP contribution in [-0.2, 0) is 0 Å². The molecular weight excluding hydrogens is 304 g/mol. The Hall–Kier alpha value is -3.47. The van der Waals surface area contributed by atoms with Crippen LogP contribution in [0.4, 0.5) is 0 Å². The zero-order valence-electron chi connectivity index (χ0n) is 12.3. The maximum absolute atomic E-state index is 13.0. The number of fused-ring (bicyclic) bond motifs is 4. The second-order valence-electron chi connectivity index (χ2n) is 5.74. The second kappa shape index (κ2) is 4.29. The van der Waals surface area contributed by atoms with Gasteiger partial charge < -0.3 is 9.90 Å². The van der Waals surface area contributed by atoms with E-state index in [4.69, 9.17) is 0 Å². The van der Waals surface area contributed by atoms with E-state index in [1.165, 1.54) is 6.07 Å². The van der Waals surface area contributed by atoms with Gasteiger partial charge >= 0.3 is 0 Å². The van der Waals surface area contributed by atoms with Crippen LogP contribution in [0.1, 0.15) is 10.4 Å². The van der Waals surface area contributed by atoms with Crippen LogP contribution in [0.15, 0.2) is 59.4 Å². The van der Waals surface area contributed by atoms with E-state index in [-0.39, 0.29) is 11.1 Å². The summed E-state index contributed by atoms with van der Waals surface area (Å²) in [6, 6.07) is 15.7. The zero-order valence-corrected chi connectivity index (χ0v) is 12.3. The molecule has 0 aliphatic heterocycles. The molecule has 5 aromatic rings. The van der Waals surface area contributed by atoms with Crippen LogP contribution in [0, 0.1) is 0 Å². The van der Waals surface area contributed by atoms with Crippen molar-refractivity contribution in [3.05, 3.63) is 70.5 Å². The van der Waals surface area contributed by atoms with Crippen molar-refractivity contribution in [3.63, 3.8) is 0 Å². The third-order valence-corrected chi connectivity index (χ3v) is 4.50. The number of carboxylic acid groups (broad SMARTS) is 1. The first-order valence-corrected chi connectivity index (χ1v) is 7.46. The van der Waals surface area contributed by atoms with E-state index >= 15 is 0 Å². The smallest absolute Gasteiger partial charge is 0.264 e. The highest BCUT2D eigenvalue weighted by Crippen LogP contribution is 2.31. The van der Waals surface area contributed by atoms with Crippen LogP contribution < -0.4 is 10.7 Å². The zero-order chi connectivity index (χ0) is 16.4. The van der Waals surface area contributed by atoms with Crippen molar-refractivity contribution in [1.82, 2.24) is 9.38 Å². The molecule has 0 amide bonds. The molecule has 0 N–H and O–H groups in total. The van der Waals surface area contributed by atoms with E-state index in [2.05, 4.69) is 4.98 Å². The van der Waals surface area contributed by atoms with Crippen LogP contribution in [0.2, 0.25) is 0 Å². The molecular formula is C19H9N2O3-. The van der Waals surface area contributed by atoms with Gasteiger partial charge in [-0.1, -0.05) is 30.3 Å². The molecule has 0 fully saturated rings. The predicted octanol–water partition coefficient (Wildman–Crippen LogP) is 1.96. The molecule has 0 saturated carbocycles. The molecule has 0 spiro atoms. The molecule has 2 heterocycles. The maximum atomic E-state index is 13.0. The molecule has 0 atom stereocenters. The van der Waals surface area contributed by atoms with E-state index in [9.17, 15) is 14.7 Å². The Kier molecular flexibility index (Phi) is 2.33. The first kappa shape index (κ1) is 13.0. The summed E-state index contributed by atoms with van der Waals surface area (Å²) in [7, 11) is 0. The van der Waals surface area contributed by atoms with Crippen LogP contribution in [0.5, 0.6) is 0 Å². The maximum Gasteiger partial charge on any atom is 0.264 e. The fourth-order valence-electron chi connectivity index (χ4n) is 3.48. The Morgan fingerprint density at radius 2 is 1.71 bits per heavy atom. The van der Waals surface area contributed by atoms with E-state index in [0.29, 0.717) is 21.8 Å². The van der Waals surface area contributed by atoms with Gasteiger partial charge in [0, 0.05) is 21.7 Å². The van der Waals surface area contributed by atoms with E-state index in [1.54, 1.807) is 28.7 Å². The van der Waals surface area contributed by atoms with E-state index in [0.717, 1.165) is 16.4 Å². The highest BCUT2D eigenvalue weighted by atomic mass is 16.4. The van der Waals surface area contributed by atoms with Crippen molar-refractivity contribution in [1.29, 1.82) is 0 Å². The average molecular weight is 313 g/mol. The fourth-order valence-corrected chi connectivity index (χ4v) is 3.48. The molecule has 114 valence electrons. The average Bonchev–Trinajstić information content (AvgIpc) is 2.98. The van der Waals surface area contributed by atoms with E-state index in [1.807, 2.05) is 24.3 Å². The van der Waals surface area contributed by atoms with Gasteiger partial charge in [0.2, 0.25) is 0 Å². The number of pyridine rings is 1. The Morgan fingerprint density at radius 3 is 2.54 bits per heavy atom. The van der Waals surface area contributed by atoms with Crippen LogP contribution in [0.25, 0.3) is 38.2 Å². The molecule has 3 aromatic carbocycles. The standard InChI is InChI=1S/C19H10N2O3/c22-18-13-5-3-4-10-11(19(23)24)8-9-12(16(10)13)17-20-14-6-1-2-7-15(14)21(17)18/h1-9H,(H,23,24)/p-1. The minimum Gasteiger partial charge on any atom is -0.545 e. The molecule has 2 aromatic heterocycles. The Balaban J connectivity index is 2.18. The number of benzene rings is 3. The van der Waals surface area contributed by atoms with Crippen LogP contribution in [-0.4, -0.2) is 15.4 Å². The predicted molar refractivity (Wildman–Crippen MR) is 89.5 cm³/mol. The fraction of sp³-hybridized carbons (Fsp3) is 0. The summed E-state index contributed by atoms with van der Waals surface area (Å²) in [5, 5.41) is 13.7. The van der Waals surface area contributed by atoms with Crippen molar-refractivity contribution in [2.45, 2.75) is 0 Å². The van der Waals surface area contributed by atoms with Gasteiger partial charge in [-0.15, -0.1) is 0 Å². The number of aromatic carboxylic acids is 1. The van der Waals surface area contributed by atoms with Crippen molar-refractivity contribution >= 4 is 44.2 Å². The normalized spacial score (nSPS) is 11.8. The lowest BCUT2D eigenvalue weighted by molar-refractivity contribution is -0.254. The summed E-state index contributed by atoms with van der Waals surface area (Å²) in [4.78, 5) is 29.0. The number of imidazole rings is 1. The lowest BCUT2D eigenvalue weighted by atomic mass is 9.98. The molecule has 0 aliphatic carbocycles. The first-order valence-electron chi connectivity index (χ1n) is 7.46. The number of carbonyl (C=O) groups is 1. The molecule has 0 radical (unpaired) electrons. The van der Waals surface area contributed by atoms with Gasteiger partial charge in [-0.3, -0.25) is 9.20 Å². The van der Waals surface area contributed by atoms with Gasteiger partial charge in [-0.05, 0) is 29.7 Å². The second-order valence-corrected chi connectivity index (χ2v) is 5.74. The summed E-state index contributed by atoms with van der Waals surface area (Å²) < 4.78 is 1.59. The van der Waals surface area contributed by atoms with Crippen molar-refractivity contribution < 1.29 is 9.90 Å². The summed E-state index contributed by atoms with van der Waals surface area (Å²) >= 11 is 0. The Morgan fingerprint density at radius 1 is 0.917 bits per heavy atom. The number of hydrogen-bond acceptors (Lipinski definition) is 4. The highest BCUT2D eigenvalue weighted by molar-refractivity contribution is 6.19. The largest absolute Gasteiger partial charge is 0.545 e. The van der Waals surface area contributed by atoms with E-state index < -0.39 is 5.97 Å². The highest BCUT2D eigenvalue weighted by Gasteiger charge is 2.17. The van der Waals surface area contributed by atoms with Crippen molar-refractivity contribution in [2.75, 3.05) is 0 Å². The lowest BCUT2D eigenvalue weighted by Crippen LogP contribution is -2.23. The topological polar surface area (TPSA) is 74.5 Å². The summed E-state index contributed by atoms with van der Waals surface area (Å²) in [5.74, 6) is -1.26. The first-order chi connectivity index (χ1) is 11.7. The van der Waals surface area contributed by atoms with Crippen molar-refractivity contribution in [2.24, 2.45) is 0 Å². The monoisotopic (exact) mass is 313 g/mol. The number of rotatable bonds is 1. The molecule has 5 heteroatoms. The summed E-state index contributed by atoms with van der Waals surface area (Å²) in [5.41, 5.74) is 1.88. The van der Waals surface area contributed by atoms with Crippen LogP contribution >= 0.6 is 0 Å². The molecule has 0 saturated heterocycles. The number of carbonyl (C=O) groups excluding carboxylic acids is 1. The summed E-state index contributed by atoms with van der Waals surface area (Å²) in [6.45, 7) is 0. The van der Waals surface area contributed by atoms with Gasteiger partial charge in [0.1, 0.15) is 5.65 Å². The molecule has 0 bridgehead atoms. The quantitative estimate of drug-likeness (QED) is 0.474. The third kappa shape index (κ3) is 1.46. The van der Waals surface area contributed by atoms with Crippen molar-refractivity contribution in [3.8, 4) is 0 Å². The minimum atomic E-state index is -1.26. The number of nitrogens with zero attached hydrogens (tertiary/aromatic N) is 2. The van der Waals surface area contributed by atoms with Gasteiger partial charge in [0.05, 0.1) is 17.0 Å². The summed E-state index contributed by atoms with van der Waals surface area (Å²) in [6.07, 6.45) is 0. The van der Waals surface area contributed by atoms with Gasteiger partial charge in [-0.25, -0.2) is 4.98 Å². The Bertz CT molecular complexity index is 1350. The molecule has 24 heavy (non-hydrogen) atoms. The molecule has 0 aliphatic rings. The molecule has 5 nitrogen and oxygen atoms in total. The van der Waals surface area contributed by atoms with Gasteiger partial charge in [0.15, 0.2) is 0 Å². The number of para-hydroxylation sites is 2. The molecule has 0 unspecified atom stereocenters. The van der Waals surface area contributed by atoms with Gasteiger partial charge in [0.25, 0.3) is 5.56 Å². The minimum absolute atomic E-state index is 0.0768.